The summed E-state index contributed by atoms with van der Waals surface area (Å²) >= 11 is 3.29. The van der Waals surface area contributed by atoms with E-state index in [1.807, 2.05) is 0 Å². The molecule has 0 radical (unpaired) electrons. The van der Waals surface area contributed by atoms with Crippen LogP contribution in [0.5, 0.6) is 0 Å². The van der Waals surface area contributed by atoms with Gasteiger partial charge in [0.25, 0.3) is 0 Å². The minimum Gasteiger partial charge on any atom is -0.383 e. The monoisotopic (exact) mass is 378 g/mol. The molecule has 0 spiro atoms. The first kappa shape index (κ1) is 17.9. The van der Waals surface area contributed by atoms with E-state index < -0.39 is 10.0 Å². The molecule has 1 atom stereocenters. The Morgan fingerprint density at radius 2 is 2.14 bits per heavy atom. The second kappa shape index (κ2) is 7.77. The Labute approximate surface area is 133 Å². The molecule has 1 aromatic carbocycles. The van der Waals surface area contributed by atoms with Gasteiger partial charge in [0.05, 0.1) is 18.6 Å². The number of halogens is 1. The topological polar surface area (TPSA) is 75.7 Å². The summed E-state index contributed by atoms with van der Waals surface area (Å²) in [5, 5.41) is 2.69. The van der Waals surface area contributed by atoms with E-state index in [0.29, 0.717) is 12.3 Å². The van der Waals surface area contributed by atoms with Gasteiger partial charge in [-0.25, -0.2) is 8.42 Å². The second-order valence-electron chi connectivity index (χ2n) is 4.67. The van der Waals surface area contributed by atoms with Gasteiger partial charge in [-0.2, -0.15) is 0 Å². The Balaban J connectivity index is 2.89. The third-order valence-electron chi connectivity index (χ3n) is 2.61. The number of rotatable bonds is 7. The Bertz CT molecular complexity index is 592. The zero-order chi connectivity index (χ0) is 16.0. The molecule has 1 amide bonds. The van der Waals surface area contributed by atoms with Gasteiger partial charge in [0.2, 0.25) is 15.9 Å². The molecule has 1 rings (SSSR count). The zero-order valence-electron chi connectivity index (χ0n) is 12.2. The first-order valence-electron chi connectivity index (χ1n) is 6.25. The largest absolute Gasteiger partial charge is 0.383 e. The van der Waals surface area contributed by atoms with Crippen LogP contribution in [0.1, 0.15) is 6.92 Å². The van der Waals surface area contributed by atoms with E-state index in [0.717, 1.165) is 15.0 Å². The van der Waals surface area contributed by atoms with Crippen molar-refractivity contribution in [3.8, 4) is 0 Å². The van der Waals surface area contributed by atoms with Gasteiger partial charge in [-0.15, -0.1) is 0 Å². The first-order valence-corrected chi connectivity index (χ1v) is 8.89. The number of sulfonamides is 1. The summed E-state index contributed by atoms with van der Waals surface area (Å²) in [5.74, 6) is -0.384. The molecule has 1 aromatic rings. The molecule has 0 bridgehead atoms. The van der Waals surface area contributed by atoms with Crippen molar-refractivity contribution in [1.82, 2.24) is 5.32 Å². The molecule has 8 heteroatoms. The number of benzene rings is 1. The van der Waals surface area contributed by atoms with Gasteiger partial charge in [-0.05, 0) is 25.1 Å². The molecule has 0 fully saturated rings. The lowest BCUT2D eigenvalue weighted by Crippen LogP contribution is -2.44. The van der Waals surface area contributed by atoms with Gasteiger partial charge in [0, 0.05) is 17.6 Å². The first-order chi connectivity index (χ1) is 9.74. The van der Waals surface area contributed by atoms with E-state index in [-0.39, 0.29) is 18.5 Å². The van der Waals surface area contributed by atoms with Crippen molar-refractivity contribution in [3.63, 3.8) is 0 Å². The van der Waals surface area contributed by atoms with E-state index in [1.54, 1.807) is 31.2 Å². The Kier molecular flexibility index (Phi) is 6.63. The summed E-state index contributed by atoms with van der Waals surface area (Å²) in [6.45, 7) is 1.87. The Morgan fingerprint density at radius 1 is 1.48 bits per heavy atom. The van der Waals surface area contributed by atoms with Gasteiger partial charge < -0.3 is 10.1 Å². The van der Waals surface area contributed by atoms with Crippen LogP contribution in [-0.4, -0.2) is 46.9 Å². The van der Waals surface area contributed by atoms with Crippen molar-refractivity contribution in [3.05, 3.63) is 28.7 Å². The standard InChI is InChI=1S/C13H19BrN2O4S/c1-10(9-20-2)15-13(17)8-16(21(3,18)19)12-6-4-5-11(14)7-12/h4-7,10H,8-9H2,1-3H3,(H,15,17)/t10-/m1/s1. The zero-order valence-corrected chi connectivity index (χ0v) is 14.6. The van der Waals surface area contributed by atoms with Crippen LogP contribution in [0.4, 0.5) is 5.69 Å². The average Bonchev–Trinajstić information content (AvgIpc) is 2.34. The van der Waals surface area contributed by atoms with E-state index in [2.05, 4.69) is 21.2 Å². The summed E-state index contributed by atoms with van der Waals surface area (Å²) in [6.07, 6.45) is 1.07. The molecule has 0 aliphatic carbocycles. The molecule has 0 saturated heterocycles. The third-order valence-corrected chi connectivity index (χ3v) is 4.24. The number of carbonyl (C=O) groups is 1. The smallest absolute Gasteiger partial charge is 0.241 e. The molecule has 0 aromatic heterocycles. The molecule has 0 unspecified atom stereocenters. The Hall–Kier alpha value is -1.12. The van der Waals surface area contributed by atoms with Crippen molar-refractivity contribution in [2.24, 2.45) is 0 Å². The lowest BCUT2D eigenvalue weighted by molar-refractivity contribution is -0.120. The van der Waals surface area contributed by atoms with Gasteiger partial charge >= 0.3 is 0 Å². The van der Waals surface area contributed by atoms with E-state index >= 15 is 0 Å². The molecule has 0 aliphatic heterocycles. The minimum absolute atomic E-state index is 0.189. The molecule has 1 N–H and O–H groups in total. The maximum atomic E-state index is 12.0. The maximum absolute atomic E-state index is 12.0. The number of nitrogens with zero attached hydrogens (tertiary/aromatic N) is 1. The molecule has 6 nitrogen and oxygen atoms in total. The fraction of sp³-hybridized carbons (Fsp3) is 0.462. The Morgan fingerprint density at radius 3 is 2.67 bits per heavy atom. The van der Waals surface area contributed by atoms with E-state index in [4.69, 9.17) is 4.74 Å². The number of amides is 1. The molecule has 21 heavy (non-hydrogen) atoms. The highest BCUT2D eigenvalue weighted by Gasteiger charge is 2.21. The molecular weight excluding hydrogens is 360 g/mol. The number of nitrogens with one attached hydrogen (secondary N) is 1. The third kappa shape index (κ3) is 6.03. The number of hydrogen-bond acceptors (Lipinski definition) is 4. The van der Waals surface area contributed by atoms with Crippen LogP contribution in [0, 0.1) is 0 Å². The van der Waals surface area contributed by atoms with Crippen LogP contribution in [-0.2, 0) is 19.6 Å². The summed E-state index contributed by atoms with van der Waals surface area (Å²) in [7, 11) is -2.02. The van der Waals surface area contributed by atoms with Gasteiger partial charge in [0.1, 0.15) is 6.54 Å². The number of methoxy groups -OCH3 is 1. The van der Waals surface area contributed by atoms with Crippen molar-refractivity contribution < 1.29 is 17.9 Å². The van der Waals surface area contributed by atoms with Crippen molar-refractivity contribution in [2.45, 2.75) is 13.0 Å². The minimum atomic E-state index is -3.56. The molecular formula is C13H19BrN2O4S. The van der Waals surface area contributed by atoms with Crippen molar-refractivity contribution in [1.29, 1.82) is 0 Å². The number of hydrogen-bond donors (Lipinski definition) is 1. The number of ether oxygens (including phenoxy) is 1. The summed E-state index contributed by atoms with van der Waals surface area (Å²) in [5.41, 5.74) is 0.432. The van der Waals surface area contributed by atoms with Crippen molar-refractivity contribution in [2.75, 3.05) is 30.8 Å². The van der Waals surface area contributed by atoms with E-state index in [1.165, 1.54) is 7.11 Å². The SMILES string of the molecule is COC[C@@H](C)NC(=O)CN(c1cccc(Br)c1)S(C)(=O)=O. The number of anilines is 1. The summed E-state index contributed by atoms with van der Waals surface area (Å²) in [6, 6.07) is 6.59. The van der Waals surface area contributed by atoms with Gasteiger partial charge in [-0.3, -0.25) is 9.10 Å². The van der Waals surface area contributed by atoms with Crippen LogP contribution < -0.4 is 9.62 Å². The molecule has 0 heterocycles. The van der Waals surface area contributed by atoms with Crippen LogP contribution in [0.25, 0.3) is 0 Å². The summed E-state index contributed by atoms with van der Waals surface area (Å²) < 4.78 is 30.5. The second-order valence-corrected chi connectivity index (χ2v) is 7.50. The highest BCUT2D eigenvalue weighted by molar-refractivity contribution is 9.10. The van der Waals surface area contributed by atoms with Crippen LogP contribution in [0.2, 0.25) is 0 Å². The van der Waals surface area contributed by atoms with Crippen molar-refractivity contribution >= 4 is 37.5 Å². The fourth-order valence-corrected chi connectivity index (χ4v) is 3.01. The highest BCUT2D eigenvalue weighted by Crippen LogP contribution is 2.21. The predicted octanol–water partition coefficient (Wildman–Crippen LogP) is 1.37. The lowest BCUT2D eigenvalue weighted by atomic mass is 10.3. The normalized spacial score (nSPS) is 12.8. The molecule has 0 saturated carbocycles. The summed E-state index contributed by atoms with van der Waals surface area (Å²) in [4.78, 5) is 12.0. The highest BCUT2D eigenvalue weighted by atomic mass is 79.9. The lowest BCUT2D eigenvalue weighted by Gasteiger charge is -2.23. The number of carbonyl (C=O) groups excluding carboxylic acids is 1. The van der Waals surface area contributed by atoms with Gasteiger partial charge in [0.15, 0.2) is 0 Å². The average molecular weight is 379 g/mol. The maximum Gasteiger partial charge on any atom is 0.241 e. The van der Waals surface area contributed by atoms with Crippen LogP contribution in [0.3, 0.4) is 0 Å². The molecule has 0 aliphatic rings. The van der Waals surface area contributed by atoms with Crippen LogP contribution >= 0.6 is 15.9 Å². The predicted molar refractivity (Wildman–Crippen MR) is 85.8 cm³/mol. The molecule has 118 valence electrons. The van der Waals surface area contributed by atoms with Gasteiger partial charge in [-0.1, -0.05) is 22.0 Å². The fourth-order valence-electron chi connectivity index (χ4n) is 1.77. The van der Waals surface area contributed by atoms with Crippen LogP contribution in [0.15, 0.2) is 28.7 Å². The quantitative estimate of drug-likeness (QED) is 0.777. The van der Waals surface area contributed by atoms with E-state index in [9.17, 15) is 13.2 Å².